The Kier molecular flexibility index (Phi) is 16.7. The van der Waals surface area contributed by atoms with Crippen molar-refractivity contribution >= 4 is 23.5 Å². The molecule has 2 saturated heterocycles. The van der Waals surface area contributed by atoms with Crippen molar-refractivity contribution in [2.24, 2.45) is 46.3 Å². The average Bonchev–Trinajstić information content (AvgIpc) is 1.64. The highest BCUT2D eigenvalue weighted by Gasteiger charge is 2.80. The summed E-state index contributed by atoms with van der Waals surface area (Å²) in [6, 6.07) is 15.6. The fraction of sp³-hybridized carbons (Fsp3) is 0.642. The Hall–Kier alpha value is -5.18. The van der Waals surface area contributed by atoms with Crippen LogP contribution < -0.4 is 0 Å². The van der Waals surface area contributed by atoms with Crippen molar-refractivity contribution < 1.29 is 83.1 Å². The highest BCUT2D eigenvalue weighted by Crippen LogP contribution is 2.73. The molecule has 20 heteroatoms. The number of ketones is 2. The zero-order valence-electron chi connectivity index (χ0n) is 49.4. The van der Waals surface area contributed by atoms with Crippen LogP contribution in [0.5, 0.6) is 0 Å². The number of hydrogen-bond acceptors (Lipinski definition) is 9. The molecule has 8 aliphatic carbocycles. The van der Waals surface area contributed by atoms with Crippen LogP contribution in [0, 0.1) is 46.3 Å². The summed E-state index contributed by atoms with van der Waals surface area (Å²) < 4.78 is 148. The Labute approximate surface area is 500 Å². The fourth-order valence-corrected chi connectivity index (χ4v) is 18.5. The fourth-order valence-electron chi connectivity index (χ4n) is 18.5. The van der Waals surface area contributed by atoms with E-state index in [2.05, 4.69) is 9.80 Å². The van der Waals surface area contributed by atoms with E-state index in [0.29, 0.717) is 103 Å². The molecule has 10 atom stereocenters. The molecule has 6 fully saturated rings. The van der Waals surface area contributed by atoms with Crippen molar-refractivity contribution in [3.8, 4) is 0 Å². The van der Waals surface area contributed by atoms with Gasteiger partial charge in [0.05, 0.1) is 18.9 Å². The predicted molar refractivity (Wildman–Crippen MR) is 301 cm³/mol. The van der Waals surface area contributed by atoms with E-state index in [0.717, 1.165) is 68.8 Å². The molecule has 2 aromatic carbocycles. The van der Waals surface area contributed by atoms with Gasteiger partial charge >= 0.3 is 36.1 Å². The molecule has 0 amide bonds. The second-order valence-corrected chi connectivity index (χ2v) is 27.4. The maximum atomic E-state index is 15.2. The van der Waals surface area contributed by atoms with Crippen molar-refractivity contribution in [2.75, 3.05) is 33.3 Å². The van der Waals surface area contributed by atoms with Gasteiger partial charge in [-0.05, 0) is 209 Å². The lowest BCUT2D eigenvalue weighted by molar-refractivity contribution is -0.362. The van der Waals surface area contributed by atoms with Crippen LogP contribution in [0.4, 0.5) is 43.9 Å². The third kappa shape index (κ3) is 10.7. The van der Waals surface area contributed by atoms with Crippen LogP contribution in [0.2, 0.25) is 0 Å². The molecule has 12 rings (SSSR count). The van der Waals surface area contributed by atoms with Gasteiger partial charge in [-0.1, -0.05) is 73.5 Å². The summed E-state index contributed by atoms with van der Waals surface area (Å²) in [5.41, 5.74) is 0.0199. The van der Waals surface area contributed by atoms with E-state index in [1.54, 1.807) is 12.2 Å². The number of piperidine rings is 2. The molecule has 10 aliphatic rings. The predicted octanol–water partition coefficient (Wildman–Crippen LogP) is 13.7. The molecule has 0 radical (unpaired) electrons. The molecule has 4 unspecified atom stereocenters. The Balaban J connectivity index is 0.000000180. The number of alkyl halides is 10. The number of methoxy groups -OCH3 is 1. The lowest BCUT2D eigenvalue weighted by atomic mass is 9.50. The number of carboxylic acids is 1. The molecule has 2 aromatic rings. The van der Waals surface area contributed by atoms with Crippen LogP contribution in [-0.2, 0) is 37.0 Å². The minimum absolute atomic E-state index is 0.0310. The number of aliphatic hydroxyl groups is 2. The van der Waals surface area contributed by atoms with Gasteiger partial charge in [0.15, 0.2) is 11.6 Å². The van der Waals surface area contributed by atoms with E-state index in [-0.39, 0.29) is 66.9 Å². The van der Waals surface area contributed by atoms with E-state index in [9.17, 15) is 60.8 Å². The van der Waals surface area contributed by atoms with E-state index < -0.39 is 88.7 Å². The van der Waals surface area contributed by atoms with Crippen LogP contribution in [0.15, 0.2) is 94.1 Å². The highest BCUT2D eigenvalue weighted by atomic mass is 19.4. The first-order valence-corrected chi connectivity index (χ1v) is 31.1. The number of halogens is 10. The summed E-state index contributed by atoms with van der Waals surface area (Å²) in [5, 5.41) is 32.1. The molecule has 0 spiro atoms. The monoisotopic (exact) mass is 1230 g/mol. The Morgan fingerprint density at radius 3 is 1.25 bits per heavy atom. The van der Waals surface area contributed by atoms with Crippen molar-refractivity contribution in [1.82, 2.24) is 9.80 Å². The summed E-state index contributed by atoms with van der Waals surface area (Å²) in [7, 11) is 1.40. The third-order valence-corrected chi connectivity index (χ3v) is 23.2. The molecular formula is C67H78F10N2O8. The normalized spacial score (nSPS) is 33.7. The Morgan fingerprint density at radius 2 is 0.908 bits per heavy atom. The maximum Gasteiger partial charge on any atom is 0.456 e. The first-order chi connectivity index (χ1) is 40.9. The first kappa shape index (κ1) is 63.4. The summed E-state index contributed by atoms with van der Waals surface area (Å²) in [4.78, 5) is 52.1. The van der Waals surface area contributed by atoms with Crippen molar-refractivity contribution in [3.63, 3.8) is 0 Å². The number of likely N-dealkylation sites (tertiary alicyclic amines) is 2. The number of benzene rings is 2. The van der Waals surface area contributed by atoms with Crippen LogP contribution >= 0.6 is 0 Å². The zero-order valence-corrected chi connectivity index (χ0v) is 49.4. The smallest absolute Gasteiger partial charge is 0.456 e. The summed E-state index contributed by atoms with van der Waals surface area (Å²) in [6.07, 6.45) is -2.90. The number of allylic oxidation sites excluding steroid dienone is 8. The summed E-state index contributed by atoms with van der Waals surface area (Å²) >= 11 is 0. The number of nitrogens with zero attached hydrogens (tertiary/aromatic N) is 2. The Morgan fingerprint density at radius 1 is 0.540 bits per heavy atom. The van der Waals surface area contributed by atoms with Gasteiger partial charge in [0.1, 0.15) is 11.2 Å². The minimum atomic E-state index is -5.87. The SMILES string of the molecule is COC(=O)C1CCN(Cc2ccc([C@H]3C[C@@]4(C)C(CC[C@@]4(O)C(F)(F)C(F)(F)F)C4CCC5=CC(=O)CCC5=C43)cc2)CC1.C[C@]12C[C@H](c3ccc(CN4CCC(C(=O)O)CC4)cc3)C3=C4CCC(=O)C=C4CCC3C1CC[C@@]2(O)C(F)(F)C(F)(F)F. The van der Waals surface area contributed by atoms with Crippen LogP contribution in [0.3, 0.4) is 0 Å². The number of rotatable bonds is 10. The van der Waals surface area contributed by atoms with E-state index in [1.807, 2.05) is 48.5 Å². The topological polar surface area (TPSA) is 145 Å². The molecule has 2 aliphatic heterocycles. The van der Waals surface area contributed by atoms with Crippen molar-refractivity contribution in [3.05, 3.63) is 116 Å². The minimum Gasteiger partial charge on any atom is -0.481 e. The Bertz CT molecular complexity index is 3150. The number of carboxylic acid groups (broad SMARTS) is 1. The average molecular weight is 1230 g/mol. The molecule has 474 valence electrons. The number of carbonyl (C=O) groups is 4. The quantitative estimate of drug-likeness (QED) is 0.155. The van der Waals surface area contributed by atoms with Gasteiger partial charge in [0.25, 0.3) is 0 Å². The van der Waals surface area contributed by atoms with E-state index in [4.69, 9.17) is 4.74 Å². The molecular weight excluding hydrogens is 1150 g/mol. The number of esters is 1. The molecule has 87 heavy (non-hydrogen) atoms. The van der Waals surface area contributed by atoms with Crippen LogP contribution in [0.1, 0.15) is 164 Å². The summed E-state index contributed by atoms with van der Waals surface area (Å²) in [5.74, 6) is -14.3. The standard InChI is InChI=1S/C34H40F5NO4.C33H38F5NO4/c1-31-18-27(21-5-3-20(4-6-21)19-40-15-12-22(13-16-40)30(42)44-2)29-25-10-8-24(41)17-23(25)7-9-26(29)28(31)11-14-32(31,43)33(35,36)34(37,38)39;1-30-17-26(20-4-2-19(3-5-20)18-39-14-11-21(12-15-39)29(41)42)28-24-9-7-23(40)16-22(24)6-8-25(28)27(30)10-13-31(30,43)32(34,35)33(36,37)38/h3-6,17,22,26-28,43H,7-16,18-19H2,1-2H3;2-5,16,21,25-27,43H,6-15,17-18H2,1H3,(H,41,42)/t26?,27-,28?,31+,32+;25?,26-,27?,30+,31+/m11/s1. The van der Waals surface area contributed by atoms with Crippen molar-refractivity contribution in [1.29, 1.82) is 0 Å². The van der Waals surface area contributed by atoms with Gasteiger partial charge in [-0.3, -0.25) is 29.0 Å². The van der Waals surface area contributed by atoms with Gasteiger partial charge in [-0.2, -0.15) is 43.9 Å². The van der Waals surface area contributed by atoms with Gasteiger partial charge in [0, 0.05) is 48.6 Å². The van der Waals surface area contributed by atoms with Gasteiger partial charge in [-0.25, -0.2) is 0 Å². The molecule has 10 nitrogen and oxygen atoms in total. The number of ether oxygens (including phenoxy) is 1. The molecule has 4 saturated carbocycles. The second-order valence-electron chi connectivity index (χ2n) is 27.4. The van der Waals surface area contributed by atoms with E-state index in [1.165, 1.54) is 21.0 Å². The summed E-state index contributed by atoms with van der Waals surface area (Å²) in [6.45, 7) is 7.01. The molecule has 2 heterocycles. The van der Waals surface area contributed by atoms with Gasteiger partial charge in [0.2, 0.25) is 0 Å². The number of carbonyl (C=O) groups excluding carboxylic acids is 3. The highest BCUT2D eigenvalue weighted by molar-refractivity contribution is 5.93. The third-order valence-electron chi connectivity index (χ3n) is 23.2. The number of aliphatic carboxylic acids is 1. The van der Waals surface area contributed by atoms with Crippen molar-refractivity contribution in [2.45, 2.75) is 190 Å². The number of hydrogen-bond donors (Lipinski definition) is 3. The van der Waals surface area contributed by atoms with Gasteiger partial charge < -0.3 is 20.1 Å². The lowest BCUT2D eigenvalue weighted by Crippen LogP contribution is -2.65. The molecule has 0 bridgehead atoms. The van der Waals surface area contributed by atoms with Gasteiger partial charge in [-0.15, -0.1) is 0 Å². The zero-order chi connectivity index (χ0) is 62.6. The first-order valence-electron chi connectivity index (χ1n) is 31.1. The number of fused-ring (bicyclic) bond motifs is 8. The maximum absolute atomic E-state index is 15.2. The second kappa shape index (κ2) is 22.9. The largest absolute Gasteiger partial charge is 0.481 e. The molecule has 0 aromatic heterocycles. The molecule has 3 N–H and O–H groups in total. The van der Waals surface area contributed by atoms with Crippen LogP contribution in [0.25, 0.3) is 0 Å². The van der Waals surface area contributed by atoms with Crippen LogP contribution in [-0.4, -0.2) is 117 Å². The lowest BCUT2D eigenvalue weighted by Gasteiger charge is -2.56. The van der Waals surface area contributed by atoms with E-state index >= 15 is 17.6 Å².